The minimum absolute atomic E-state index is 0.125. The number of nitrogens with zero attached hydrogens (tertiary/aromatic N) is 1. The number of aromatic nitrogens is 1. The molecular weight excluding hydrogens is 204 g/mol. The lowest BCUT2D eigenvalue weighted by molar-refractivity contribution is -0.121. The number of hydrogen-bond acceptors (Lipinski definition) is 3. The molecule has 1 heterocycles. The maximum absolute atomic E-state index is 12.0. The maximum atomic E-state index is 12.0. The van der Waals surface area contributed by atoms with Crippen LogP contribution >= 0.6 is 0 Å². The maximum Gasteiger partial charge on any atom is 0.229 e. The third-order valence-corrected chi connectivity index (χ3v) is 3.95. The number of aryl methyl sites for hydroxylation is 1. The van der Waals surface area contributed by atoms with Gasteiger partial charge in [-0.2, -0.15) is 0 Å². The molecule has 0 aliphatic heterocycles. The highest BCUT2D eigenvalue weighted by atomic mass is 16.5. The summed E-state index contributed by atoms with van der Waals surface area (Å²) in [5.41, 5.74) is 0. The Morgan fingerprint density at radius 2 is 2.38 bits per heavy atom. The lowest BCUT2D eigenvalue weighted by atomic mass is 9.88. The third-order valence-electron chi connectivity index (χ3n) is 3.95. The summed E-state index contributed by atoms with van der Waals surface area (Å²) in [6.07, 6.45) is 4.85. The van der Waals surface area contributed by atoms with Gasteiger partial charge in [0.05, 0.1) is 0 Å². The number of hydrogen-bond donors (Lipinski definition) is 1. The molecular formula is C12H16N2O2. The molecule has 1 aromatic heterocycles. The van der Waals surface area contributed by atoms with Crippen molar-refractivity contribution < 1.29 is 9.32 Å². The normalized spacial score (nSPS) is 31.9. The summed E-state index contributed by atoms with van der Waals surface area (Å²) in [5.74, 6) is 3.00. The van der Waals surface area contributed by atoms with E-state index in [1.165, 1.54) is 19.3 Å². The van der Waals surface area contributed by atoms with E-state index < -0.39 is 0 Å². The standard InChI is InChI=1S/C12H16N2O2/c1-7-4-11(14-16-7)13-12(15)10-6-8-2-3-9(10)5-8/h4,8-10H,2-3,5-6H2,1H3,(H,13,14,15)/t8-,9-,10+/m0/s1. The lowest BCUT2D eigenvalue weighted by Crippen LogP contribution is -2.27. The van der Waals surface area contributed by atoms with E-state index in [0.717, 1.165) is 18.1 Å². The highest BCUT2D eigenvalue weighted by molar-refractivity contribution is 5.92. The number of anilines is 1. The molecule has 0 radical (unpaired) electrons. The molecule has 1 amide bonds. The molecule has 0 unspecified atom stereocenters. The fraction of sp³-hybridized carbons (Fsp3) is 0.667. The number of fused-ring (bicyclic) bond motifs is 2. The molecule has 2 bridgehead atoms. The molecule has 16 heavy (non-hydrogen) atoms. The van der Waals surface area contributed by atoms with E-state index in [-0.39, 0.29) is 11.8 Å². The highest BCUT2D eigenvalue weighted by Gasteiger charge is 2.43. The Morgan fingerprint density at radius 3 is 2.94 bits per heavy atom. The average molecular weight is 220 g/mol. The van der Waals surface area contributed by atoms with Gasteiger partial charge in [-0.15, -0.1) is 0 Å². The third kappa shape index (κ3) is 1.62. The van der Waals surface area contributed by atoms with Crippen molar-refractivity contribution in [1.82, 2.24) is 5.16 Å². The van der Waals surface area contributed by atoms with Gasteiger partial charge in [0, 0.05) is 12.0 Å². The summed E-state index contributed by atoms with van der Waals surface area (Å²) in [4.78, 5) is 12.0. The zero-order chi connectivity index (χ0) is 11.1. The topological polar surface area (TPSA) is 55.1 Å². The zero-order valence-electron chi connectivity index (χ0n) is 9.40. The SMILES string of the molecule is Cc1cc(NC(=O)[C@@H]2C[C@H]3CC[C@H]2C3)no1. The zero-order valence-corrected chi connectivity index (χ0v) is 9.40. The first-order chi connectivity index (χ1) is 7.72. The van der Waals surface area contributed by atoms with Crippen molar-refractivity contribution in [1.29, 1.82) is 0 Å². The summed E-state index contributed by atoms with van der Waals surface area (Å²) >= 11 is 0. The average Bonchev–Trinajstić information content (AvgIpc) is 2.93. The predicted octanol–water partition coefficient (Wildman–Crippen LogP) is 2.36. The van der Waals surface area contributed by atoms with Crippen LogP contribution in [-0.4, -0.2) is 11.1 Å². The molecule has 0 saturated heterocycles. The number of nitrogens with one attached hydrogen (secondary N) is 1. The Bertz CT molecular complexity index is 413. The molecule has 2 fully saturated rings. The predicted molar refractivity (Wildman–Crippen MR) is 58.8 cm³/mol. The van der Waals surface area contributed by atoms with Crippen molar-refractivity contribution in [3.63, 3.8) is 0 Å². The minimum Gasteiger partial charge on any atom is -0.360 e. The van der Waals surface area contributed by atoms with Crippen LogP contribution in [0.2, 0.25) is 0 Å². The minimum atomic E-state index is 0.125. The largest absolute Gasteiger partial charge is 0.360 e. The van der Waals surface area contributed by atoms with Gasteiger partial charge in [0.25, 0.3) is 0 Å². The monoisotopic (exact) mass is 220 g/mol. The van der Waals surface area contributed by atoms with E-state index in [0.29, 0.717) is 11.7 Å². The van der Waals surface area contributed by atoms with Crippen LogP contribution in [0.15, 0.2) is 10.6 Å². The van der Waals surface area contributed by atoms with E-state index in [9.17, 15) is 4.79 Å². The lowest BCUT2D eigenvalue weighted by Gasteiger charge is -2.19. The molecule has 3 rings (SSSR count). The van der Waals surface area contributed by atoms with Crippen molar-refractivity contribution >= 4 is 11.7 Å². The number of carbonyl (C=O) groups is 1. The quantitative estimate of drug-likeness (QED) is 0.832. The second-order valence-electron chi connectivity index (χ2n) is 5.09. The molecule has 1 N–H and O–H groups in total. The molecule has 4 heteroatoms. The Hall–Kier alpha value is -1.32. The Kier molecular flexibility index (Phi) is 2.23. The summed E-state index contributed by atoms with van der Waals surface area (Å²) in [6, 6.07) is 1.76. The van der Waals surface area contributed by atoms with E-state index in [2.05, 4.69) is 10.5 Å². The van der Waals surface area contributed by atoms with Crippen molar-refractivity contribution in [2.24, 2.45) is 17.8 Å². The van der Waals surface area contributed by atoms with E-state index >= 15 is 0 Å². The number of carbonyl (C=O) groups excluding carboxylic acids is 1. The van der Waals surface area contributed by atoms with Gasteiger partial charge in [0.15, 0.2) is 5.82 Å². The van der Waals surface area contributed by atoms with Gasteiger partial charge in [-0.25, -0.2) is 0 Å². The second-order valence-corrected chi connectivity index (χ2v) is 5.09. The van der Waals surface area contributed by atoms with Gasteiger partial charge < -0.3 is 9.84 Å². The molecule has 0 spiro atoms. The molecule has 0 aromatic carbocycles. The first-order valence-electron chi connectivity index (χ1n) is 5.96. The number of rotatable bonds is 2. The summed E-state index contributed by atoms with van der Waals surface area (Å²) in [7, 11) is 0. The van der Waals surface area contributed by atoms with Crippen LogP contribution < -0.4 is 5.32 Å². The summed E-state index contributed by atoms with van der Waals surface area (Å²) < 4.78 is 4.93. The van der Waals surface area contributed by atoms with Crippen LogP contribution in [0.3, 0.4) is 0 Å². The Morgan fingerprint density at radius 1 is 1.50 bits per heavy atom. The first kappa shape index (κ1) is 9.87. The fourth-order valence-electron chi connectivity index (χ4n) is 3.21. The van der Waals surface area contributed by atoms with Crippen LogP contribution in [0.1, 0.15) is 31.4 Å². The molecule has 2 saturated carbocycles. The van der Waals surface area contributed by atoms with Crippen molar-refractivity contribution in [2.45, 2.75) is 32.6 Å². The van der Waals surface area contributed by atoms with Gasteiger partial charge in [-0.1, -0.05) is 11.6 Å². The molecule has 3 atom stereocenters. The first-order valence-corrected chi connectivity index (χ1v) is 5.96. The van der Waals surface area contributed by atoms with Gasteiger partial charge in [0.2, 0.25) is 5.91 Å². The van der Waals surface area contributed by atoms with Gasteiger partial charge in [-0.05, 0) is 38.0 Å². The molecule has 2 aliphatic carbocycles. The van der Waals surface area contributed by atoms with Crippen LogP contribution in [-0.2, 0) is 4.79 Å². The van der Waals surface area contributed by atoms with Crippen LogP contribution in [0.5, 0.6) is 0 Å². The highest BCUT2D eigenvalue weighted by Crippen LogP contribution is 2.48. The fourth-order valence-corrected chi connectivity index (χ4v) is 3.21. The van der Waals surface area contributed by atoms with Crippen LogP contribution in [0.4, 0.5) is 5.82 Å². The van der Waals surface area contributed by atoms with Gasteiger partial charge in [-0.3, -0.25) is 4.79 Å². The summed E-state index contributed by atoms with van der Waals surface area (Å²) in [5, 5.41) is 6.63. The van der Waals surface area contributed by atoms with Crippen molar-refractivity contribution in [2.75, 3.05) is 5.32 Å². The van der Waals surface area contributed by atoms with E-state index in [1.807, 2.05) is 6.92 Å². The van der Waals surface area contributed by atoms with Crippen molar-refractivity contribution in [3.05, 3.63) is 11.8 Å². The Labute approximate surface area is 94.4 Å². The van der Waals surface area contributed by atoms with Crippen LogP contribution in [0.25, 0.3) is 0 Å². The van der Waals surface area contributed by atoms with E-state index in [1.54, 1.807) is 6.07 Å². The van der Waals surface area contributed by atoms with Gasteiger partial charge >= 0.3 is 0 Å². The van der Waals surface area contributed by atoms with Crippen LogP contribution in [0, 0.1) is 24.7 Å². The second kappa shape index (κ2) is 3.61. The number of amides is 1. The van der Waals surface area contributed by atoms with Crippen molar-refractivity contribution in [3.8, 4) is 0 Å². The van der Waals surface area contributed by atoms with E-state index in [4.69, 9.17) is 4.52 Å². The summed E-state index contributed by atoms with van der Waals surface area (Å²) in [6.45, 7) is 1.82. The molecule has 1 aromatic rings. The Balaban J connectivity index is 1.65. The van der Waals surface area contributed by atoms with Gasteiger partial charge in [0.1, 0.15) is 5.76 Å². The molecule has 4 nitrogen and oxygen atoms in total. The molecule has 2 aliphatic rings. The smallest absolute Gasteiger partial charge is 0.229 e. The molecule has 86 valence electrons.